The zero-order valence-electron chi connectivity index (χ0n) is 15.6. The molecule has 1 N–H and O–H groups in total. The first-order valence-corrected chi connectivity index (χ1v) is 10.2. The highest BCUT2D eigenvalue weighted by atomic mass is 79.9. The van der Waals surface area contributed by atoms with Gasteiger partial charge in [0.15, 0.2) is 11.5 Å². The lowest BCUT2D eigenvalue weighted by molar-refractivity contribution is 0.269. The lowest BCUT2D eigenvalue weighted by Crippen LogP contribution is -2.16. The summed E-state index contributed by atoms with van der Waals surface area (Å²) in [4.78, 5) is 0. The second kappa shape index (κ2) is 10.8. The quantitative estimate of drug-likeness (QED) is 0.445. The van der Waals surface area contributed by atoms with Gasteiger partial charge < -0.3 is 14.8 Å². The molecule has 5 heteroatoms. The predicted octanol–water partition coefficient (Wildman–Crippen LogP) is 6.22. The fourth-order valence-electron chi connectivity index (χ4n) is 2.45. The summed E-state index contributed by atoms with van der Waals surface area (Å²) in [6.07, 6.45) is 1.16. The summed E-state index contributed by atoms with van der Waals surface area (Å²) in [6.45, 7) is 9.31. The monoisotopic (exact) mass is 439 g/mol. The summed E-state index contributed by atoms with van der Waals surface area (Å²) in [7, 11) is 0. The topological polar surface area (TPSA) is 30.5 Å². The Morgan fingerprint density at radius 1 is 1.08 bits per heavy atom. The van der Waals surface area contributed by atoms with Gasteiger partial charge in [-0.3, -0.25) is 0 Å². The number of halogens is 2. The fourth-order valence-corrected chi connectivity index (χ4v) is 3.04. The van der Waals surface area contributed by atoms with Crippen LogP contribution in [0.25, 0.3) is 0 Å². The third kappa shape index (κ3) is 6.82. The first-order chi connectivity index (χ1) is 12.5. The van der Waals surface area contributed by atoms with Crippen molar-refractivity contribution >= 4 is 27.5 Å². The van der Waals surface area contributed by atoms with Gasteiger partial charge in [0.1, 0.15) is 6.61 Å². The predicted molar refractivity (Wildman–Crippen MR) is 112 cm³/mol. The van der Waals surface area contributed by atoms with Crippen molar-refractivity contribution in [1.29, 1.82) is 0 Å². The van der Waals surface area contributed by atoms with Gasteiger partial charge in [-0.2, -0.15) is 0 Å². The summed E-state index contributed by atoms with van der Waals surface area (Å²) < 4.78 is 12.8. The molecule has 0 radical (unpaired) electrons. The maximum absolute atomic E-state index is 5.99. The van der Waals surface area contributed by atoms with Crippen molar-refractivity contribution in [3.8, 4) is 11.5 Å². The Balaban J connectivity index is 2.05. The second-order valence-corrected chi connectivity index (χ2v) is 7.89. The van der Waals surface area contributed by atoms with Crippen LogP contribution in [0.5, 0.6) is 11.5 Å². The van der Waals surface area contributed by atoms with E-state index >= 15 is 0 Å². The van der Waals surface area contributed by atoms with Crippen molar-refractivity contribution < 1.29 is 9.47 Å². The Hall–Kier alpha value is -1.23. The number of benzene rings is 2. The second-order valence-electron chi connectivity index (χ2n) is 6.60. The molecule has 0 aromatic heterocycles. The van der Waals surface area contributed by atoms with E-state index in [4.69, 9.17) is 21.1 Å². The number of hydrogen-bond acceptors (Lipinski definition) is 3. The molecule has 0 aliphatic rings. The molecule has 0 amide bonds. The van der Waals surface area contributed by atoms with E-state index in [1.54, 1.807) is 0 Å². The minimum atomic E-state index is 0.468. The molecule has 0 bridgehead atoms. The van der Waals surface area contributed by atoms with Crippen molar-refractivity contribution in [2.24, 2.45) is 5.92 Å². The molecule has 0 spiro atoms. The zero-order valence-corrected chi connectivity index (χ0v) is 18.0. The highest BCUT2D eigenvalue weighted by Gasteiger charge is 2.11. The molecule has 0 unspecified atom stereocenters. The number of nitrogens with one attached hydrogen (secondary N) is 1. The van der Waals surface area contributed by atoms with Crippen molar-refractivity contribution in [3.63, 3.8) is 0 Å². The molecule has 2 aromatic carbocycles. The number of rotatable bonds is 10. The first-order valence-electron chi connectivity index (χ1n) is 9.02. The normalized spacial score (nSPS) is 11.0. The molecular formula is C21H27BrClNO2. The van der Waals surface area contributed by atoms with Crippen LogP contribution in [-0.2, 0) is 13.2 Å². The molecule has 0 saturated heterocycles. The molecule has 142 valence electrons. The van der Waals surface area contributed by atoms with Crippen LogP contribution in [0, 0.1) is 5.92 Å². The van der Waals surface area contributed by atoms with E-state index in [1.165, 1.54) is 0 Å². The summed E-state index contributed by atoms with van der Waals surface area (Å²) >= 11 is 9.59. The lowest BCUT2D eigenvalue weighted by Gasteiger charge is -2.16. The SMILES string of the molecule is CCOc1cc(CNCCC(C)C)c(Br)cc1OCc1ccc(Cl)cc1. The molecule has 2 rings (SSSR count). The van der Waals surface area contributed by atoms with Gasteiger partial charge >= 0.3 is 0 Å². The van der Waals surface area contributed by atoms with E-state index in [2.05, 4.69) is 35.1 Å². The molecule has 26 heavy (non-hydrogen) atoms. The van der Waals surface area contributed by atoms with E-state index < -0.39 is 0 Å². The van der Waals surface area contributed by atoms with Gasteiger partial charge in [-0.15, -0.1) is 0 Å². The van der Waals surface area contributed by atoms with Crippen LogP contribution in [0.4, 0.5) is 0 Å². The van der Waals surface area contributed by atoms with Crippen molar-refractivity contribution in [2.75, 3.05) is 13.2 Å². The summed E-state index contributed by atoms with van der Waals surface area (Å²) in [5.74, 6) is 2.21. The van der Waals surface area contributed by atoms with Crippen molar-refractivity contribution in [2.45, 2.75) is 40.3 Å². The Labute approximate surface area is 170 Å². The highest BCUT2D eigenvalue weighted by molar-refractivity contribution is 9.10. The average Bonchev–Trinajstić information content (AvgIpc) is 2.61. The Morgan fingerprint density at radius 3 is 2.42 bits per heavy atom. The first kappa shape index (κ1) is 21.1. The zero-order chi connectivity index (χ0) is 18.9. The van der Waals surface area contributed by atoms with Crippen LogP contribution in [-0.4, -0.2) is 13.2 Å². The third-order valence-electron chi connectivity index (χ3n) is 3.93. The van der Waals surface area contributed by atoms with Crippen LogP contribution in [0.1, 0.15) is 38.3 Å². The summed E-state index contributed by atoms with van der Waals surface area (Å²) in [5.41, 5.74) is 2.23. The van der Waals surface area contributed by atoms with E-state index in [0.29, 0.717) is 19.1 Å². The molecular weight excluding hydrogens is 414 g/mol. The van der Waals surface area contributed by atoms with Crippen LogP contribution < -0.4 is 14.8 Å². The number of hydrogen-bond donors (Lipinski definition) is 1. The van der Waals surface area contributed by atoms with E-state index in [-0.39, 0.29) is 0 Å². The van der Waals surface area contributed by atoms with Crippen LogP contribution >= 0.6 is 27.5 Å². The standard InChI is InChI=1S/C21H27BrClNO2/c1-4-25-20-11-17(13-24-10-9-15(2)3)19(22)12-21(20)26-14-16-5-7-18(23)8-6-16/h5-8,11-12,15,24H,4,9-10,13-14H2,1-3H3. The molecule has 0 heterocycles. The van der Waals surface area contributed by atoms with Gasteiger partial charge in [0.25, 0.3) is 0 Å². The van der Waals surface area contributed by atoms with Gasteiger partial charge in [0, 0.05) is 16.0 Å². The minimum Gasteiger partial charge on any atom is -0.490 e. The molecule has 0 atom stereocenters. The van der Waals surface area contributed by atoms with Gasteiger partial charge in [0.2, 0.25) is 0 Å². The summed E-state index contributed by atoms with van der Waals surface area (Å²) in [5, 5.41) is 4.21. The Morgan fingerprint density at radius 2 is 1.77 bits per heavy atom. The van der Waals surface area contributed by atoms with E-state index in [1.807, 2.05) is 43.3 Å². The molecule has 0 saturated carbocycles. The Bertz CT molecular complexity index is 689. The Kier molecular flexibility index (Phi) is 8.76. The van der Waals surface area contributed by atoms with Gasteiger partial charge in [0.05, 0.1) is 6.61 Å². The third-order valence-corrected chi connectivity index (χ3v) is 4.92. The van der Waals surface area contributed by atoms with Crippen molar-refractivity contribution in [1.82, 2.24) is 5.32 Å². The highest BCUT2D eigenvalue weighted by Crippen LogP contribution is 2.34. The van der Waals surface area contributed by atoms with Gasteiger partial charge in [-0.25, -0.2) is 0 Å². The van der Waals surface area contributed by atoms with E-state index in [0.717, 1.165) is 51.6 Å². The molecule has 0 fully saturated rings. The smallest absolute Gasteiger partial charge is 0.162 e. The van der Waals surface area contributed by atoms with Gasteiger partial charge in [-0.1, -0.05) is 53.5 Å². The van der Waals surface area contributed by atoms with Crippen LogP contribution in [0.2, 0.25) is 5.02 Å². The molecule has 0 aliphatic carbocycles. The lowest BCUT2D eigenvalue weighted by atomic mass is 10.1. The summed E-state index contributed by atoms with van der Waals surface area (Å²) in [6, 6.07) is 11.7. The average molecular weight is 441 g/mol. The van der Waals surface area contributed by atoms with Crippen molar-refractivity contribution in [3.05, 3.63) is 57.0 Å². The molecule has 3 nitrogen and oxygen atoms in total. The molecule has 2 aromatic rings. The minimum absolute atomic E-state index is 0.468. The maximum atomic E-state index is 5.99. The van der Waals surface area contributed by atoms with Gasteiger partial charge in [-0.05, 0) is 61.2 Å². The van der Waals surface area contributed by atoms with Crippen LogP contribution in [0.3, 0.4) is 0 Å². The fraction of sp³-hybridized carbons (Fsp3) is 0.429. The van der Waals surface area contributed by atoms with Crippen LogP contribution in [0.15, 0.2) is 40.9 Å². The van der Waals surface area contributed by atoms with E-state index in [9.17, 15) is 0 Å². The maximum Gasteiger partial charge on any atom is 0.162 e. The molecule has 0 aliphatic heterocycles. The largest absolute Gasteiger partial charge is 0.490 e. The number of ether oxygens (including phenoxy) is 2.